The normalized spacial score (nSPS) is 28.2. The zero-order valence-corrected chi connectivity index (χ0v) is 14.0. The summed E-state index contributed by atoms with van der Waals surface area (Å²) in [5.41, 5.74) is 3.41. The van der Waals surface area contributed by atoms with E-state index in [1.807, 2.05) is 0 Å². The molecule has 1 aromatic carbocycles. The molecule has 0 aromatic heterocycles. The van der Waals surface area contributed by atoms with E-state index in [1.54, 1.807) is 11.1 Å². The number of hydrogen-bond acceptors (Lipinski definition) is 2. The van der Waals surface area contributed by atoms with Gasteiger partial charge in [-0.3, -0.25) is 4.90 Å². The van der Waals surface area contributed by atoms with Gasteiger partial charge >= 0.3 is 0 Å². The Morgan fingerprint density at radius 2 is 2.05 bits per heavy atom. The summed E-state index contributed by atoms with van der Waals surface area (Å²) in [5, 5.41) is 3.73. The molecule has 0 amide bonds. The van der Waals surface area contributed by atoms with Gasteiger partial charge in [-0.25, -0.2) is 0 Å². The second-order valence-corrected chi connectivity index (χ2v) is 8.08. The van der Waals surface area contributed by atoms with Crippen LogP contribution in [0.25, 0.3) is 0 Å². The van der Waals surface area contributed by atoms with E-state index in [1.165, 1.54) is 25.9 Å². The van der Waals surface area contributed by atoms with Crippen LogP contribution < -0.4 is 5.32 Å². The topological polar surface area (TPSA) is 15.3 Å². The summed E-state index contributed by atoms with van der Waals surface area (Å²) in [6, 6.07) is 9.68. The van der Waals surface area contributed by atoms with E-state index in [4.69, 9.17) is 0 Å². The quantitative estimate of drug-likeness (QED) is 0.912. The molecule has 0 radical (unpaired) electrons. The van der Waals surface area contributed by atoms with Crippen LogP contribution in [0.4, 0.5) is 0 Å². The Morgan fingerprint density at radius 1 is 1.29 bits per heavy atom. The van der Waals surface area contributed by atoms with E-state index in [2.05, 4.69) is 62.2 Å². The summed E-state index contributed by atoms with van der Waals surface area (Å²) >= 11 is 0. The van der Waals surface area contributed by atoms with Crippen molar-refractivity contribution in [2.75, 3.05) is 19.6 Å². The van der Waals surface area contributed by atoms with Crippen LogP contribution in [0.2, 0.25) is 0 Å². The Morgan fingerprint density at radius 3 is 2.76 bits per heavy atom. The lowest BCUT2D eigenvalue weighted by atomic mass is 9.76. The molecule has 2 atom stereocenters. The van der Waals surface area contributed by atoms with Gasteiger partial charge in [0.2, 0.25) is 0 Å². The molecule has 1 saturated heterocycles. The van der Waals surface area contributed by atoms with Crippen LogP contribution in [0.5, 0.6) is 0 Å². The Balaban J connectivity index is 1.68. The highest BCUT2D eigenvalue weighted by molar-refractivity contribution is 5.40. The molecule has 0 spiro atoms. The SMILES string of the molecule is CC(C)CC1CNC(C)(C)CN1CC1Cc2ccccc21. The highest BCUT2D eigenvalue weighted by Gasteiger charge is 2.36. The summed E-state index contributed by atoms with van der Waals surface area (Å²) in [6.45, 7) is 12.9. The third-order valence-electron chi connectivity index (χ3n) is 5.09. The van der Waals surface area contributed by atoms with E-state index in [0.717, 1.165) is 18.4 Å². The van der Waals surface area contributed by atoms with Crippen molar-refractivity contribution in [3.63, 3.8) is 0 Å². The van der Waals surface area contributed by atoms with Gasteiger partial charge in [0.1, 0.15) is 0 Å². The van der Waals surface area contributed by atoms with Gasteiger partial charge in [0, 0.05) is 37.1 Å². The number of piperazine rings is 1. The van der Waals surface area contributed by atoms with Crippen LogP contribution >= 0.6 is 0 Å². The molecular weight excluding hydrogens is 256 g/mol. The van der Waals surface area contributed by atoms with E-state index in [-0.39, 0.29) is 5.54 Å². The maximum Gasteiger partial charge on any atom is 0.0252 e. The second-order valence-electron chi connectivity index (χ2n) is 8.08. The van der Waals surface area contributed by atoms with Gasteiger partial charge in [-0.05, 0) is 43.7 Å². The smallest absolute Gasteiger partial charge is 0.0252 e. The zero-order chi connectivity index (χ0) is 15.0. The predicted octanol–water partition coefficient (Wildman–Crippen LogP) is 3.42. The highest BCUT2D eigenvalue weighted by Crippen LogP contribution is 2.36. The van der Waals surface area contributed by atoms with Crippen LogP contribution in [0, 0.1) is 5.92 Å². The molecule has 2 aliphatic rings. The number of nitrogens with zero attached hydrogens (tertiary/aromatic N) is 1. The number of hydrogen-bond donors (Lipinski definition) is 1. The monoisotopic (exact) mass is 286 g/mol. The van der Waals surface area contributed by atoms with E-state index in [9.17, 15) is 0 Å². The Labute approximate surface area is 129 Å². The lowest BCUT2D eigenvalue weighted by molar-refractivity contribution is 0.0744. The van der Waals surface area contributed by atoms with Crippen molar-refractivity contribution >= 4 is 0 Å². The molecule has 1 aromatic rings. The number of benzene rings is 1. The third-order valence-corrected chi connectivity index (χ3v) is 5.09. The molecule has 1 N–H and O–H groups in total. The summed E-state index contributed by atoms with van der Waals surface area (Å²) < 4.78 is 0. The summed E-state index contributed by atoms with van der Waals surface area (Å²) in [7, 11) is 0. The van der Waals surface area contributed by atoms with Crippen molar-refractivity contribution in [2.24, 2.45) is 5.92 Å². The number of rotatable bonds is 4. The van der Waals surface area contributed by atoms with Gasteiger partial charge in [-0.15, -0.1) is 0 Å². The molecule has 1 aliphatic carbocycles. The third kappa shape index (κ3) is 3.32. The highest BCUT2D eigenvalue weighted by atomic mass is 15.2. The molecule has 0 saturated carbocycles. The molecule has 2 heteroatoms. The van der Waals surface area contributed by atoms with Crippen molar-refractivity contribution in [2.45, 2.75) is 58.0 Å². The van der Waals surface area contributed by atoms with Crippen molar-refractivity contribution in [1.82, 2.24) is 10.2 Å². The van der Waals surface area contributed by atoms with Crippen LogP contribution in [-0.2, 0) is 6.42 Å². The minimum absolute atomic E-state index is 0.247. The van der Waals surface area contributed by atoms with Crippen LogP contribution in [0.1, 0.15) is 51.2 Å². The lowest BCUT2D eigenvalue weighted by Gasteiger charge is -2.47. The first-order chi connectivity index (χ1) is 9.94. The van der Waals surface area contributed by atoms with Gasteiger partial charge in [-0.1, -0.05) is 38.1 Å². The summed E-state index contributed by atoms with van der Waals surface area (Å²) in [5.74, 6) is 1.53. The summed E-state index contributed by atoms with van der Waals surface area (Å²) in [4.78, 5) is 2.76. The van der Waals surface area contributed by atoms with Crippen molar-refractivity contribution in [1.29, 1.82) is 0 Å². The first-order valence-corrected chi connectivity index (χ1v) is 8.51. The fraction of sp³-hybridized carbons (Fsp3) is 0.684. The Hall–Kier alpha value is -0.860. The van der Waals surface area contributed by atoms with Crippen molar-refractivity contribution in [3.05, 3.63) is 35.4 Å². The standard InChI is InChI=1S/C19H30N2/c1-14(2)9-17-11-20-19(3,4)13-21(17)12-16-10-15-7-5-6-8-18(15)16/h5-8,14,16-17,20H,9-13H2,1-4H3. The largest absolute Gasteiger partial charge is 0.309 e. The average Bonchev–Trinajstić information content (AvgIpc) is 2.38. The maximum atomic E-state index is 3.73. The van der Waals surface area contributed by atoms with Gasteiger partial charge in [0.25, 0.3) is 0 Å². The fourth-order valence-corrected chi connectivity index (χ4v) is 4.01. The molecule has 2 nitrogen and oxygen atoms in total. The Kier molecular flexibility index (Phi) is 4.11. The van der Waals surface area contributed by atoms with E-state index in [0.29, 0.717) is 6.04 Å². The Bertz CT molecular complexity index is 492. The van der Waals surface area contributed by atoms with Crippen molar-refractivity contribution < 1.29 is 0 Å². The molecule has 1 fully saturated rings. The second kappa shape index (κ2) is 5.73. The van der Waals surface area contributed by atoms with E-state index >= 15 is 0 Å². The van der Waals surface area contributed by atoms with Gasteiger partial charge in [-0.2, -0.15) is 0 Å². The number of nitrogens with one attached hydrogen (secondary N) is 1. The molecule has 116 valence electrons. The van der Waals surface area contributed by atoms with Gasteiger partial charge < -0.3 is 5.32 Å². The van der Waals surface area contributed by atoms with Crippen LogP contribution in [0.15, 0.2) is 24.3 Å². The van der Waals surface area contributed by atoms with Crippen LogP contribution in [-0.4, -0.2) is 36.1 Å². The van der Waals surface area contributed by atoms with Crippen molar-refractivity contribution in [3.8, 4) is 0 Å². The lowest BCUT2D eigenvalue weighted by Crippen LogP contribution is -2.62. The molecular formula is C19H30N2. The molecule has 1 aliphatic heterocycles. The van der Waals surface area contributed by atoms with E-state index < -0.39 is 0 Å². The van der Waals surface area contributed by atoms with Gasteiger partial charge in [0.15, 0.2) is 0 Å². The zero-order valence-electron chi connectivity index (χ0n) is 14.0. The first-order valence-electron chi connectivity index (χ1n) is 8.51. The summed E-state index contributed by atoms with van der Waals surface area (Å²) in [6.07, 6.45) is 2.58. The number of fused-ring (bicyclic) bond motifs is 1. The fourth-order valence-electron chi connectivity index (χ4n) is 4.01. The average molecular weight is 286 g/mol. The first kappa shape index (κ1) is 15.1. The minimum Gasteiger partial charge on any atom is -0.309 e. The van der Waals surface area contributed by atoms with Gasteiger partial charge in [0.05, 0.1) is 0 Å². The predicted molar refractivity (Wildman–Crippen MR) is 89.8 cm³/mol. The molecule has 0 bridgehead atoms. The molecule has 21 heavy (non-hydrogen) atoms. The molecule has 2 unspecified atom stereocenters. The minimum atomic E-state index is 0.247. The molecule has 3 rings (SSSR count). The van der Waals surface area contributed by atoms with Crippen LogP contribution in [0.3, 0.4) is 0 Å². The maximum absolute atomic E-state index is 3.73. The molecule has 1 heterocycles.